The Morgan fingerprint density at radius 3 is 2.71 bits per heavy atom. The number of nitrogens with two attached hydrogens (primary N) is 1. The van der Waals surface area contributed by atoms with Gasteiger partial charge in [0.1, 0.15) is 17.6 Å². The molecule has 1 unspecified atom stereocenters. The zero-order chi connectivity index (χ0) is 14.8. The fourth-order valence-corrected chi connectivity index (χ4v) is 2.81. The first-order valence-corrected chi connectivity index (χ1v) is 7.49. The molecule has 110 valence electrons. The molecule has 2 atom stereocenters. The molecule has 2 aromatic carbocycles. The van der Waals surface area contributed by atoms with E-state index in [0.717, 1.165) is 29.0 Å². The van der Waals surface area contributed by atoms with Gasteiger partial charge in [0, 0.05) is 23.0 Å². The second-order valence-electron chi connectivity index (χ2n) is 5.13. The van der Waals surface area contributed by atoms with E-state index in [9.17, 15) is 0 Å². The summed E-state index contributed by atoms with van der Waals surface area (Å²) in [4.78, 5) is 0. The molecule has 3 nitrogen and oxygen atoms in total. The molecule has 4 heteroatoms. The Hall–Kier alpha value is -1.71. The van der Waals surface area contributed by atoms with E-state index in [-0.39, 0.29) is 12.1 Å². The quantitative estimate of drug-likeness (QED) is 0.921. The summed E-state index contributed by atoms with van der Waals surface area (Å²) in [5.41, 5.74) is 8.34. The molecule has 0 aromatic heterocycles. The zero-order valence-corrected chi connectivity index (χ0v) is 12.6. The molecule has 0 fully saturated rings. The average Bonchev–Trinajstić information content (AvgIpc) is 2.49. The summed E-state index contributed by atoms with van der Waals surface area (Å²) in [6.45, 7) is 2.64. The lowest BCUT2D eigenvalue weighted by molar-refractivity contribution is 0.161. The molecule has 2 N–H and O–H groups in total. The van der Waals surface area contributed by atoms with Crippen molar-refractivity contribution in [3.8, 4) is 11.5 Å². The summed E-state index contributed by atoms with van der Waals surface area (Å²) in [6.07, 6.45) is 0.700. The highest BCUT2D eigenvalue weighted by Crippen LogP contribution is 2.40. The van der Waals surface area contributed by atoms with Crippen molar-refractivity contribution >= 4 is 11.6 Å². The summed E-state index contributed by atoms with van der Waals surface area (Å²) in [5, 5.41) is 0.687. The topological polar surface area (TPSA) is 44.5 Å². The Labute approximate surface area is 129 Å². The van der Waals surface area contributed by atoms with Crippen LogP contribution in [-0.4, -0.2) is 6.61 Å². The number of benzene rings is 2. The van der Waals surface area contributed by atoms with E-state index in [4.69, 9.17) is 26.8 Å². The van der Waals surface area contributed by atoms with Crippen molar-refractivity contribution in [1.82, 2.24) is 0 Å². The highest BCUT2D eigenvalue weighted by atomic mass is 35.5. The maximum absolute atomic E-state index is 6.26. The van der Waals surface area contributed by atoms with Crippen molar-refractivity contribution in [3.05, 3.63) is 58.6 Å². The first-order chi connectivity index (χ1) is 10.2. The highest BCUT2D eigenvalue weighted by Gasteiger charge is 2.27. The van der Waals surface area contributed by atoms with Gasteiger partial charge < -0.3 is 15.2 Å². The van der Waals surface area contributed by atoms with Gasteiger partial charge in [-0.1, -0.05) is 23.7 Å². The van der Waals surface area contributed by atoms with Crippen LogP contribution < -0.4 is 15.2 Å². The molecular weight excluding hydrogens is 286 g/mol. The van der Waals surface area contributed by atoms with Gasteiger partial charge >= 0.3 is 0 Å². The second-order valence-corrected chi connectivity index (χ2v) is 5.57. The Balaban J connectivity index is 1.83. The van der Waals surface area contributed by atoms with E-state index in [1.54, 1.807) is 0 Å². The van der Waals surface area contributed by atoms with Gasteiger partial charge in [0.15, 0.2) is 0 Å². The van der Waals surface area contributed by atoms with Gasteiger partial charge in [0.05, 0.1) is 6.61 Å². The molecule has 2 aromatic rings. The molecule has 0 saturated heterocycles. The number of hydrogen-bond acceptors (Lipinski definition) is 3. The lowest BCUT2D eigenvalue weighted by atomic mass is 9.93. The maximum atomic E-state index is 6.26. The predicted octanol–water partition coefficient (Wildman–Crippen LogP) is 4.26. The summed E-state index contributed by atoms with van der Waals surface area (Å²) < 4.78 is 11.5. The molecule has 1 aliphatic rings. The van der Waals surface area contributed by atoms with Crippen LogP contribution in [0.5, 0.6) is 11.5 Å². The van der Waals surface area contributed by atoms with Gasteiger partial charge in [-0.25, -0.2) is 0 Å². The Bertz CT molecular complexity index is 627. The van der Waals surface area contributed by atoms with E-state index >= 15 is 0 Å². The molecule has 1 aliphatic heterocycles. The second kappa shape index (κ2) is 5.96. The minimum Gasteiger partial charge on any atom is -0.494 e. The minimum atomic E-state index is -0.0657. The number of ether oxygens (including phenoxy) is 2. The molecule has 3 rings (SSSR count). The molecule has 0 spiro atoms. The van der Waals surface area contributed by atoms with Crippen LogP contribution in [0, 0.1) is 0 Å². The fraction of sp³-hybridized carbons (Fsp3) is 0.294. The van der Waals surface area contributed by atoms with Crippen LogP contribution in [0.4, 0.5) is 0 Å². The van der Waals surface area contributed by atoms with E-state index in [1.807, 2.05) is 49.4 Å². The van der Waals surface area contributed by atoms with Crippen molar-refractivity contribution < 1.29 is 9.47 Å². The number of rotatable bonds is 3. The Morgan fingerprint density at radius 1 is 1.24 bits per heavy atom. The summed E-state index contributed by atoms with van der Waals surface area (Å²) in [7, 11) is 0. The highest BCUT2D eigenvalue weighted by molar-refractivity contribution is 6.30. The molecular formula is C17H18ClNO2. The first kappa shape index (κ1) is 14.2. The fourth-order valence-electron chi connectivity index (χ4n) is 2.62. The Kier molecular flexibility index (Phi) is 4.04. The van der Waals surface area contributed by atoms with Crippen LogP contribution in [-0.2, 0) is 0 Å². The maximum Gasteiger partial charge on any atom is 0.126 e. The van der Waals surface area contributed by atoms with Crippen molar-refractivity contribution in [2.75, 3.05) is 6.61 Å². The minimum absolute atomic E-state index is 0.0376. The molecule has 0 aliphatic carbocycles. The molecule has 0 bridgehead atoms. The predicted molar refractivity (Wildman–Crippen MR) is 84.0 cm³/mol. The Morgan fingerprint density at radius 2 is 2.00 bits per heavy atom. The van der Waals surface area contributed by atoms with Gasteiger partial charge in [-0.3, -0.25) is 0 Å². The van der Waals surface area contributed by atoms with E-state index in [2.05, 4.69) is 0 Å². The van der Waals surface area contributed by atoms with E-state index in [0.29, 0.717) is 11.6 Å². The van der Waals surface area contributed by atoms with Crippen molar-refractivity contribution in [2.45, 2.75) is 25.5 Å². The third-order valence-corrected chi connectivity index (χ3v) is 3.91. The molecule has 0 amide bonds. The van der Waals surface area contributed by atoms with Gasteiger partial charge in [-0.2, -0.15) is 0 Å². The van der Waals surface area contributed by atoms with Crippen LogP contribution in [0.3, 0.4) is 0 Å². The lowest BCUT2D eigenvalue weighted by Crippen LogP contribution is -2.24. The SMILES string of the molecule is CCOc1ccc(C2C[C@@H](N)c3cc(Cl)ccc3O2)cc1. The van der Waals surface area contributed by atoms with E-state index < -0.39 is 0 Å². The third-order valence-electron chi connectivity index (χ3n) is 3.67. The monoisotopic (exact) mass is 303 g/mol. The molecule has 0 radical (unpaired) electrons. The summed E-state index contributed by atoms with van der Waals surface area (Å²) in [6, 6.07) is 13.5. The third kappa shape index (κ3) is 2.99. The van der Waals surface area contributed by atoms with Crippen molar-refractivity contribution in [3.63, 3.8) is 0 Å². The normalized spacial score (nSPS) is 20.5. The van der Waals surface area contributed by atoms with Gasteiger partial charge in [0.25, 0.3) is 0 Å². The molecule has 1 heterocycles. The van der Waals surface area contributed by atoms with Crippen LogP contribution in [0.15, 0.2) is 42.5 Å². The number of halogens is 1. The van der Waals surface area contributed by atoms with Gasteiger partial charge in [-0.15, -0.1) is 0 Å². The average molecular weight is 304 g/mol. The van der Waals surface area contributed by atoms with Gasteiger partial charge in [-0.05, 0) is 42.8 Å². The largest absolute Gasteiger partial charge is 0.494 e. The number of hydrogen-bond donors (Lipinski definition) is 1. The van der Waals surface area contributed by atoms with Crippen LogP contribution >= 0.6 is 11.6 Å². The molecule has 0 saturated carbocycles. The van der Waals surface area contributed by atoms with Crippen molar-refractivity contribution in [2.24, 2.45) is 5.73 Å². The van der Waals surface area contributed by atoms with Crippen LogP contribution in [0.2, 0.25) is 5.02 Å². The van der Waals surface area contributed by atoms with Crippen LogP contribution in [0.25, 0.3) is 0 Å². The first-order valence-electron chi connectivity index (χ1n) is 7.12. The standard InChI is InChI=1S/C17H18ClNO2/c1-2-20-13-6-3-11(4-7-13)17-10-15(19)14-9-12(18)5-8-16(14)21-17/h3-9,15,17H,2,10,19H2,1H3/t15-,17?/m1/s1. The smallest absolute Gasteiger partial charge is 0.126 e. The van der Waals surface area contributed by atoms with Crippen molar-refractivity contribution in [1.29, 1.82) is 0 Å². The van der Waals surface area contributed by atoms with Gasteiger partial charge in [0.2, 0.25) is 0 Å². The summed E-state index contributed by atoms with van der Waals surface area (Å²) in [5.74, 6) is 1.69. The molecule has 21 heavy (non-hydrogen) atoms. The number of fused-ring (bicyclic) bond motifs is 1. The van der Waals surface area contributed by atoms with E-state index in [1.165, 1.54) is 0 Å². The zero-order valence-electron chi connectivity index (χ0n) is 11.9. The van der Waals surface area contributed by atoms with Crippen LogP contribution in [0.1, 0.15) is 36.6 Å². The summed E-state index contributed by atoms with van der Waals surface area (Å²) >= 11 is 6.02. The lowest BCUT2D eigenvalue weighted by Gasteiger charge is -2.30.